The van der Waals surface area contributed by atoms with Gasteiger partial charge in [0.05, 0.1) is 32.0 Å². The van der Waals surface area contributed by atoms with Crippen LogP contribution in [0.25, 0.3) is 0 Å². The molecule has 0 atom stereocenters. The van der Waals surface area contributed by atoms with Crippen molar-refractivity contribution in [3.05, 3.63) is 59.4 Å². The Morgan fingerprint density at radius 2 is 1.73 bits per heavy atom. The molecule has 0 bridgehead atoms. The Morgan fingerprint density at radius 1 is 1.03 bits per heavy atom. The number of nitrogens with one attached hydrogen (secondary N) is 1. The van der Waals surface area contributed by atoms with E-state index in [1.807, 2.05) is 0 Å². The number of carbonyl (C=O) groups is 2. The number of halogens is 1. The van der Waals surface area contributed by atoms with Crippen molar-refractivity contribution in [2.45, 2.75) is 6.54 Å². The van der Waals surface area contributed by atoms with Crippen molar-refractivity contribution in [3.63, 3.8) is 0 Å². The number of piperazine rings is 1. The first-order valence-corrected chi connectivity index (χ1v) is 9.74. The lowest BCUT2D eigenvalue weighted by molar-refractivity contribution is -0.117. The molecule has 30 heavy (non-hydrogen) atoms. The lowest BCUT2D eigenvalue weighted by Crippen LogP contribution is -2.48. The van der Waals surface area contributed by atoms with Crippen LogP contribution in [0, 0.1) is 5.82 Å². The summed E-state index contributed by atoms with van der Waals surface area (Å²) >= 11 is 0. The number of para-hydroxylation sites is 1. The predicted octanol–water partition coefficient (Wildman–Crippen LogP) is 2.38. The smallest absolute Gasteiger partial charge is 0.339 e. The van der Waals surface area contributed by atoms with E-state index in [0.29, 0.717) is 36.6 Å². The van der Waals surface area contributed by atoms with Gasteiger partial charge in [-0.1, -0.05) is 12.1 Å². The van der Waals surface area contributed by atoms with Crippen LogP contribution in [0.2, 0.25) is 0 Å². The first-order chi connectivity index (χ1) is 14.5. The molecular formula is C22H26FN3O4. The Kier molecular flexibility index (Phi) is 7.37. The quantitative estimate of drug-likeness (QED) is 0.701. The number of nitrogens with zero attached hydrogens (tertiary/aromatic N) is 2. The minimum absolute atomic E-state index is 0.188. The molecule has 8 heteroatoms. The van der Waals surface area contributed by atoms with Crippen molar-refractivity contribution in [2.24, 2.45) is 0 Å². The predicted molar refractivity (Wildman–Crippen MR) is 111 cm³/mol. The van der Waals surface area contributed by atoms with Crippen LogP contribution in [0.15, 0.2) is 42.5 Å². The highest BCUT2D eigenvalue weighted by Crippen LogP contribution is 2.22. The highest BCUT2D eigenvalue weighted by Gasteiger charge is 2.21. The molecule has 160 valence electrons. The van der Waals surface area contributed by atoms with E-state index in [-0.39, 0.29) is 18.3 Å². The van der Waals surface area contributed by atoms with E-state index in [1.165, 1.54) is 19.2 Å². The third-order valence-electron chi connectivity index (χ3n) is 5.07. The molecule has 1 heterocycles. The van der Waals surface area contributed by atoms with E-state index in [4.69, 9.17) is 9.47 Å². The molecule has 0 unspecified atom stereocenters. The molecule has 0 saturated carbocycles. The largest absolute Gasteiger partial charge is 0.496 e. The zero-order valence-electron chi connectivity index (χ0n) is 17.2. The molecule has 0 aromatic heterocycles. The second-order valence-corrected chi connectivity index (χ2v) is 7.09. The molecule has 1 fully saturated rings. The summed E-state index contributed by atoms with van der Waals surface area (Å²) in [6.07, 6.45) is 0. The van der Waals surface area contributed by atoms with E-state index in [1.54, 1.807) is 37.4 Å². The zero-order valence-corrected chi connectivity index (χ0v) is 17.2. The number of ether oxygens (including phenoxy) is 2. The van der Waals surface area contributed by atoms with Crippen molar-refractivity contribution in [1.29, 1.82) is 0 Å². The molecule has 2 aromatic carbocycles. The third-order valence-corrected chi connectivity index (χ3v) is 5.07. The van der Waals surface area contributed by atoms with Crippen LogP contribution < -0.4 is 10.1 Å². The number of methoxy groups -OCH3 is 2. The highest BCUT2D eigenvalue weighted by molar-refractivity contribution is 6.01. The lowest BCUT2D eigenvalue weighted by atomic mass is 10.1. The summed E-state index contributed by atoms with van der Waals surface area (Å²) in [5.74, 6) is -0.297. The Balaban J connectivity index is 1.51. The molecular weight excluding hydrogens is 389 g/mol. The summed E-state index contributed by atoms with van der Waals surface area (Å²) in [5, 5.41) is 2.79. The van der Waals surface area contributed by atoms with Gasteiger partial charge >= 0.3 is 5.97 Å². The normalized spacial score (nSPS) is 14.9. The van der Waals surface area contributed by atoms with Gasteiger partial charge in [-0.25, -0.2) is 9.18 Å². The molecule has 2 aromatic rings. The lowest BCUT2D eigenvalue weighted by Gasteiger charge is -2.34. The topological polar surface area (TPSA) is 71.1 Å². The van der Waals surface area contributed by atoms with E-state index in [9.17, 15) is 14.0 Å². The number of amides is 1. The molecule has 7 nitrogen and oxygen atoms in total. The molecule has 1 saturated heterocycles. The second kappa shape index (κ2) is 10.2. The molecule has 3 rings (SSSR count). The van der Waals surface area contributed by atoms with Crippen LogP contribution in [0.5, 0.6) is 5.75 Å². The SMILES string of the molecule is COC(=O)c1ccccc1NC(=O)CN1CCN(Cc2cc(F)ccc2OC)CC1. The minimum Gasteiger partial charge on any atom is -0.496 e. The van der Waals surface area contributed by atoms with Crippen LogP contribution in [0.3, 0.4) is 0 Å². The van der Waals surface area contributed by atoms with Crippen LogP contribution >= 0.6 is 0 Å². The average Bonchev–Trinajstić information content (AvgIpc) is 2.75. The number of esters is 1. The van der Waals surface area contributed by atoms with E-state index >= 15 is 0 Å². The number of carbonyl (C=O) groups excluding carboxylic acids is 2. The van der Waals surface area contributed by atoms with Gasteiger partial charge in [-0.05, 0) is 30.3 Å². The summed E-state index contributed by atoms with van der Waals surface area (Å²) in [7, 11) is 2.88. The Hall–Kier alpha value is -2.97. The maximum absolute atomic E-state index is 13.6. The summed E-state index contributed by atoms with van der Waals surface area (Å²) < 4.78 is 23.6. The van der Waals surface area contributed by atoms with Crippen molar-refractivity contribution in [3.8, 4) is 5.75 Å². The van der Waals surface area contributed by atoms with E-state index in [0.717, 1.165) is 18.7 Å². The number of anilines is 1. The van der Waals surface area contributed by atoms with Crippen LogP contribution in [0.4, 0.5) is 10.1 Å². The third kappa shape index (κ3) is 5.55. The standard InChI is InChI=1S/C22H26FN3O4/c1-29-20-8-7-17(23)13-16(20)14-25-9-11-26(12-10-25)15-21(27)24-19-6-4-3-5-18(19)22(28)30-2/h3-8,13H,9-12,14-15H2,1-2H3,(H,24,27). The maximum atomic E-state index is 13.6. The van der Waals surface area contributed by atoms with Gasteiger partial charge in [0.1, 0.15) is 11.6 Å². The first kappa shape index (κ1) is 21.7. The van der Waals surface area contributed by atoms with Gasteiger partial charge in [0.15, 0.2) is 0 Å². The van der Waals surface area contributed by atoms with Crippen LogP contribution in [0.1, 0.15) is 15.9 Å². The van der Waals surface area contributed by atoms with E-state index < -0.39 is 5.97 Å². The summed E-state index contributed by atoms with van der Waals surface area (Å²) in [5.41, 5.74) is 1.57. The molecule has 0 radical (unpaired) electrons. The number of hydrogen-bond acceptors (Lipinski definition) is 6. The van der Waals surface area contributed by atoms with Gasteiger partial charge in [0.2, 0.25) is 5.91 Å². The number of hydrogen-bond donors (Lipinski definition) is 1. The van der Waals surface area contributed by atoms with Gasteiger partial charge in [-0.15, -0.1) is 0 Å². The second-order valence-electron chi connectivity index (χ2n) is 7.09. The fraction of sp³-hybridized carbons (Fsp3) is 0.364. The molecule has 1 aliphatic rings. The molecule has 0 aliphatic carbocycles. The van der Waals surface area contributed by atoms with Crippen molar-refractivity contribution in [2.75, 3.05) is 52.3 Å². The van der Waals surface area contributed by atoms with Gasteiger partial charge < -0.3 is 14.8 Å². The van der Waals surface area contributed by atoms with Gasteiger partial charge in [-0.3, -0.25) is 14.6 Å². The summed E-state index contributed by atoms with van der Waals surface area (Å²) in [6.45, 7) is 3.75. The molecule has 1 amide bonds. The van der Waals surface area contributed by atoms with Gasteiger partial charge in [0, 0.05) is 38.3 Å². The van der Waals surface area contributed by atoms with Crippen LogP contribution in [-0.2, 0) is 16.1 Å². The van der Waals surface area contributed by atoms with Crippen molar-refractivity contribution in [1.82, 2.24) is 9.80 Å². The van der Waals surface area contributed by atoms with Crippen LogP contribution in [-0.4, -0.2) is 68.6 Å². The van der Waals surface area contributed by atoms with Gasteiger partial charge in [-0.2, -0.15) is 0 Å². The Morgan fingerprint density at radius 3 is 2.43 bits per heavy atom. The van der Waals surface area contributed by atoms with E-state index in [2.05, 4.69) is 15.1 Å². The zero-order chi connectivity index (χ0) is 21.5. The fourth-order valence-corrected chi connectivity index (χ4v) is 3.49. The number of rotatable bonds is 7. The van der Waals surface area contributed by atoms with Crippen molar-refractivity contribution < 1.29 is 23.5 Å². The first-order valence-electron chi connectivity index (χ1n) is 9.74. The molecule has 1 N–H and O–H groups in total. The fourth-order valence-electron chi connectivity index (χ4n) is 3.49. The Bertz CT molecular complexity index is 898. The highest BCUT2D eigenvalue weighted by atomic mass is 19.1. The maximum Gasteiger partial charge on any atom is 0.339 e. The minimum atomic E-state index is -0.493. The monoisotopic (exact) mass is 415 g/mol. The average molecular weight is 415 g/mol. The van der Waals surface area contributed by atoms with Crippen molar-refractivity contribution >= 4 is 17.6 Å². The summed E-state index contributed by atoms with van der Waals surface area (Å²) in [6, 6.07) is 11.3. The molecule has 0 spiro atoms. The molecule has 1 aliphatic heterocycles. The Labute approximate surface area is 175 Å². The van der Waals surface area contributed by atoms with Gasteiger partial charge in [0.25, 0.3) is 0 Å². The number of benzene rings is 2. The summed E-state index contributed by atoms with van der Waals surface area (Å²) in [4.78, 5) is 28.6.